The Hall–Kier alpha value is -0.140. The van der Waals surface area contributed by atoms with Crippen LogP contribution in [0, 0.1) is 0 Å². The first-order chi connectivity index (χ1) is 10.5. The quantitative estimate of drug-likeness (QED) is 0.398. The summed E-state index contributed by atoms with van der Waals surface area (Å²) in [4.78, 5) is 11.2. The maximum absolute atomic E-state index is 11.2. The zero-order valence-corrected chi connectivity index (χ0v) is 16.4. The van der Waals surface area contributed by atoms with Gasteiger partial charge in [0.1, 0.15) is 0 Å². The van der Waals surface area contributed by atoms with Gasteiger partial charge in [-0.2, -0.15) is 0 Å². The molecule has 0 amide bonds. The Balaban J connectivity index is 5.48. The fourth-order valence-electron chi connectivity index (χ4n) is 3.57. The zero-order valence-electron chi connectivity index (χ0n) is 15.5. The average molecular weight is 333 g/mol. The molecule has 134 valence electrons. The molecular weight excluding hydrogens is 293 g/mol. The summed E-state index contributed by atoms with van der Waals surface area (Å²) in [6.45, 7) is 7.05. The predicted molar refractivity (Wildman–Crippen MR) is 102 cm³/mol. The van der Waals surface area contributed by atoms with Crippen LogP contribution in [-0.4, -0.2) is 42.3 Å². The van der Waals surface area contributed by atoms with Crippen LogP contribution in [0.2, 0.25) is 0 Å². The molecule has 2 N–H and O–H groups in total. The first kappa shape index (κ1) is 21.9. The Labute approximate surface area is 138 Å². The third kappa shape index (κ3) is 7.42. The fraction of sp³-hybridized carbons (Fsp3) is 0.944. The van der Waals surface area contributed by atoms with E-state index < -0.39 is 12.7 Å². The number of hydrogen-bond donors (Lipinski definition) is 2. The molecule has 0 aromatic heterocycles. The molecule has 0 bridgehead atoms. The normalized spacial score (nSPS) is 13.7. The maximum atomic E-state index is 11.2. The molecule has 0 spiro atoms. The number of unbranched alkanes of at least 4 members (excludes halogenated alkanes) is 4. The Bertz CT molecular complexity index is 264. The molecule has 0 aliphatic heterocycles. The van der Waals surface area contributed by atoms with Crippen molar-refractivity contribution in [3.05, 3.63) is 0 Å². The van der Waals surface area contributed by atoms with E-state index in [2.05, 4.69) is 32.8 Å². The first-order valence-corrected chi connectivity index (χ1v) is 12.4. The molecule has 0 saturated heterocycles. The summed E-state index contributed by atoms with van der Waals surface area (Å²) in [5.74, 6) is -0.699. The van der Waals surface area contributed by atoms with Gasteiger partial charge in [0, 0.05) is 0 Å². The van der Waals surface area contributed by atoms with E-state index in [4.69, 9.17) is 0 Å². The number of carboxylic acids is 1. The number of hydrogen-bond acceptors (Lipinski definition) is 2. The third-order valence-corrected chi connectivity index (χ3v) is 12.1. The van der Waals surface area contributed by atoms with Gasteiger partial charge in [-0.25, -0.2) is 0 Å². The van der Waals surface area contributed by atoms with E-state index in [1.165, 1.54) is 76.0 Å². The molecule has 0 radical (unpaired) electrons. The summed E-state index contributed by atoms with van der Waals surface area (Å²) in [7, 11) is 0. The van der Waals surface area contributed by atoms with Crippen LogP contribution in [0.1, 0.15) is 79.1 Å². The second-order valence-corrected chi connectivity index (χ2v) is 13.1. The Morgan fingerprint density at radius 3 is 1.32 bits per heavy atom. The Kier molecular flexibility index (Phi) is 11.3. The average Bonchev–Trinajstić information content (AvgIpc) is 2.53. The number of carbonyl (C=O) groups is 1. The molecule has 0 heterocycles. The topological polar surface area (TPSA) is 49.3 Å². The van der Waals surface area contributed by atoms with Gasteiger partial charge in [0.15, 0.2) is 0 Å². The molecule has 0 aliphatic carbocycles. The molecule has 0 fully saturated rings. The summed E-state index contributed by atoms with van der Waals surface area (Å²) in [6, 6.07) is 0. The van der Waals surface area contributed by atoms with Gasteiger partial charge in [0.25, 0.3) is 0 Å². The van der Waals surface area contributed by atoms with Crippen LogP contribution < -0.4 is 5.09 Å². The molecule has 0 unspecified atom stereocenters. The van der Waals surface area contributed by atoms with Crippen molar-refractivity contribution in [2.75, 3.05) is 31.2 Å². The molecule has 3 nitrogen and oxygen atoms in total. The second-order valence-electron chi connectivity index (χ2n) is 7.01. The molecule has 0 aromatic rings. The van der Waals surface area contributed by atoms with E-state index >= 15 is 0 Å². The van der Waals surface area contributed by atoms with Crippen LogP contribution in [0.5, 0.6) is 0 Å². The van der Waals surface area contributed by atoms with E-state index in [0.717, 1.165) is 0 Å². The van der Waals surface area contributed by atoms with Gasteiger partial charge in [-0.05, 0) is 0 Å². The van der Waals surface area contributed by atoms with Crippen LogP contribution in [0.3, 0.4) is 0 Å². The molecular formula is C18H40NO2P. The van der Waals surface area contributed by atoms with Crippen LogP contribution in [-0.2, 0) is 4.79 Å². The van der Waals surface area contributed by atoms with Crippen molar-refractivity contribution < 1.29 is 9.90 Å². The third-order valence-electron chi connectivity index (χ3n) is 5.07. The van der Waals surface area contributed by atoms with Crippen LogP contribution in [0.25, 0.3) is 0 Å². The van der Waals surface area contributed by atoms with E-state index in [9.17, 15) is 9.90 Å². The van der Waals surface area contributed by atoms with E-state index in [1.54, 1.807) is 0 Å². The first-order valence-electron chi connectivity index (χ1n) is 9.45. The number of aliphatic carboxylic acids is 1. The molecule has 4 heteroatoms. The van der Waals surface area contributed by atoms with Crippen molar-refractivity contribution in [3.8, 4) is 0 Å². The minimum atomic E-state index is -2.11. The molecule has 0 aliphatic rings. The monoisotopic (exact) mass is 333 g/mol. The van der Waals surface area contributed by atoms with Crippen LogP contribution >= 0.6 is 6.75 Å². The van der Waals surface area contributed by atoms with Gasteiger partial charge in [-0.3, -0.25) is 0 Å². The molecule has 0 aromatic carbocycles. The molecule has 0 rings (SSSR count). The van der Waals surface area contributed by atoms with Gasteiger partial charge in [-0.1, -0.05) is 0 Å². The summed E-state index contributed by atoms with van der Waals surface area (Å²) in [6.07, 6.45) is 14.8. The number of nitrogens with one attached hydrogen (secondary N) is 1. The van der Waals surface area contributed by atoms with Gasteiger partial charge >= 0.3 is 138 Å². The summed E-state index contributed by atoms with van der Waals surface area (Å²) in [5, 5.41) is 13.0. The van der Waals surface area contributed by atoms with Gasteiger partial charge in [0.05, 0.1) is 0 Å². The SMILES string of the molecule is CCCCP(CCCC)(CCCC)(CCCC)NCC(=O)O. The standard InChI is InChI=1S/C18H40NO2P/c1-5-9-13-22(14-10-6-2,15-11-7-3,16-12-8-4)19-17-18(20)21/h19H,5-17H2,1-4H3,(H,20,21). The van der Waals surface area contributed by atoms with E-state index in [-0.39, 0.29) is 6.54 Å². The van der Waals surface area contributed by atoms with Gasteiger partial charge in [-0.15, -0.1) is 0 Å². The molecule has 22 heavy (non-hydrogen) atoms. The minimum absolute atomic E-state index is 0.151. The molecule has 0 saturated carbocycles. The summed E-state index contributed by atoms with van der Waals surface area (Å²) in [5.41, 5.74) is 0. The van der Waals surface area contributed by atoms with E-state index in [1.807, 2.05) is 0 Å². The van der Waals surface area contributed by atoms with Crippen LogP contribution in [0.15, 0.2) is 0 Å². The van der Waals surface area contributed by atoms with Crippen molar-refractivity contribution >= 4 is 12.7 Å². The van der Waals surface area contributed by atoms with Crippen molar-refractivity contribution in [1.82, 2.24) is 5.09 Å². The Morgan fingerprint density at radius 2 is 1.09 bits per heavy atom. The van der Waals surface area contributed by atoms with E-state index in [0.29, 0.717) is 0 Å². The number of rotatable bonds is 15. The van der Waals surface area contributed by atoms with Gasteiger partial charge < -0.3 is 0 Å². The van der Waals surface area contributed by atoms with Crippen LogP contribution in [0.4, 0.5) is 0 Å². The number of carboxylic acid groups (broad SMARTS) is 1. The Morgan fingerprint density at radius 1 is 0.773 bits per heavy atom. The van der Waals surface area contributed by atoms with Crippen molar-refractivity contribution in [2.24, 2.45) is 0 Å². The van der Waals surface area contributed by atoms with Gasteiger partial charge in [0.2, 0.25) is 0 Å². The summed E-state index contributed by atoms with van der Waals surface area (Å²) < 4.78 is 0. The van der Waals surface area contributed by atoms with Crippen molar-refractivity contribution in [3.63, 3.8) is 0 Å². The second kappa shape index (κ2) is 11.4. The van der Waals surface area contributed by atoms with Crippen molar-refractivity contribution in [2.45, 2.75) is 79.1 Å². The molecule has 0 atom stereocenters. The fourth-order valence-corrected chi connectivity index (χ4v) is 10.7. The van der Waals surface area contributed by atoms with Crippen molar-refractivity contribution in [1.29, 1.82) is 0 Å². The zero-order chi connectivity index (χ0) is 16.9. The summed E-state index contributed by atoms with van der Waals surface area (Å²) >= 11 is 0. The predicted octanol–water partition coefficient (Wildman–Crippen LogP) is 5.33.